The second kappa shape index (κ2) is 10.8. The van der Waals surface area contributed by atoms with Gasteiger partial charge in [-0.25, -0.2) is 4.42 Å². The maximum absolute atomic E-state index is 9.75. The Bertz CT molecular complexity index is 1020. The Morgan fingerprint density at radius 3 is 1.06 bits per heavy atom. The van der Waals surface area contributed by atoms with Gasteiger partial charge in [-0.3, -0.25) is 0 Å². The molecule has 0 saturated carbocycles. The van der Waals surface area contributed by atoms with Gasteiger partial charge in [-0.05, 0) is 66.2 Å². The highest BCUT2D eigenvalue weighted by atomic mass is 79.9. The lowest BCUT2D eigenvalue weighted by molar-refractivity contribution is 0.368. The zero-order valence-electron chi connectivity index (χ0n) is 16.2. The summed E-state index contributed by atoms with van der Waals surface area (Å²) < 4.78 is 48.4. The molecule has 1 heterocycles. The number of benzene rings is 3. The molecule has 4 aromatic rings. The first-order valence-electron chi connectivity index (χ1n) is 9.22. The molecule has 0 N–H and O–H groups in total. The van der Waals surface area contributed by atoms with Crippen molar-refractivity contribution in [3.05, 3.63) is 98.3 Å². The number of hydrogen-bond donors (Lipinski definition) is 0. The maximum atomic E-state index is 9.75. The van der Waals surface area contributed by atoms with Gasteiger partial charge < -0.3 is 17.3 Å². The fourth-order valence-corrected chi connectivity index (χ4v) is 3.62. The van der Waals surface area contributed by atoms with Crippen molar-refractivity contribution in [3.8, 4) is 33.8 Å². The molecule has 0 aliphatic carbocycles. The van der Waals surface area contributed by atoms with Crippen LogP contribution in [0.25, 0.3) is 33.8 Å². The highest BCUT2D eigenvalue weighted by molar-refractivity contribution is 9.11. The molecule has 0 atom stereocenters. The fourth-order valence-electron chi connectivity index (χ4n) is 2.82. The van der Waals surface area contributed by atoms with Crippen molar-refractivity contribution in [3.63, 3.8) is 0 Å². The molecule has 0 saturated heterocycles. The molecule has 4 rings (SSSR count). The molecule has 9 heteroatoms. The number of rotatable bonds is 3. The summed E-state index contributed by atoms with van der Waals surface area (Å²) in [5, 5.41) is 0. The van der Waals surface area contributed by atoms with Crippen LogP contribution in [0.3, 0.4) is 0 Å². The highest BCUT2D eigenvalue weighted by Gasteiger charge is 2.21. The average Bonchev–Trinajstić information content (AvgIpc) is 2.74. The zero-order valence-corrected chi connectivity index (χ0v) is 21.0. The lowest BCUT2D eigenvalue weighted by Gasteiger charge is -2.03. The molecule has 0 radical (unpaired) electrons. The number of halogens is 7. The zero-order chi connectivity index (χ0) is 23.3. The standard InChI is InChI=1S/C23H14Br3O.BF4/c24-19-7-1-15(2-8-19)18-13-22(16-3-9-20(25)10-4-16)27-23(14-18)17-5-11-21(26)12-6-17;2-1(3,4)5/h1-14H;/q+1;-1. The lowest BCUT2D eigenvalue weighted by Crippen LogP contribution is -2.02. The van der Waals surface area contributed by atoms with Crippen LogP contribution in [0, 0.1) is 0 Å². The van der Waals surface area contributed by atoms with Crippen LogP contribution in [0.5, 0.6) is 0 Å². The Balaban J connectivity index is 0.000000523. The minimum Gasteiger partial charge on any atom is -0.418 e. The van der Waals surface area contributed by atoms with Crippen molar-refractivity contribution in [2.45, 2.75) is 0 Å². The topological polar surface area (TPSA) is 11.3 Å². The van der Waals surface area contributed by atoms with Crippen molar-refractivity contribution in [2.75, 3.05) is 0 Å². The molecule has 0 spiro atoms. The Morgan fingerprint density at radius 1 is 0.469 bits per heavy atom. The summed E-state index contributed by atoms with van der Waals surface area (Å²) in [4.78, 5) is 0. The maximum Gasteiger partial charge on any atom is 0.673 e. The summed E-state index contributed by atoms with van der Waals surface area (Å²) >= 11 is 10.5. The molecular formula is C23H14BBr3F4O. The van der Waals surface area contributed by atoms with E-state index in [0.29, 0.717) is 0 Å². The van der Waals surface area contributed by atoms with E-state index >= 15 is 0 Å². The van der Waals surface area contributed by atoms with Crippen molar-refractivity contribution in [1.29, 1.82) is 0 Å². The Hall–Kier alpha value is -1.97. The first-order chi connectivity index (χ1) is 15.1. The van der Waals surface area contributed by atoms with Crippen molar-refractivity contribution < 1.29 is 21.7 Å². The molecule has 0 unspecified atom stereocenters. The van der Waals surface area contributed by atoms with Gasteiger partial charge in [0.25, 0.3) is 0 Å². The Labute approximate surface area is 208 Å². The minimum absolute atomic E-state index is 0.834. The molecule has 3 aromatic carbocycles. The summed E-state index contributed by atoms with van der Waals surface area (Å²) in [7, 11) is -6.00. The third-order valence-corrected chi connectivity index (χ3v) is 5.81. The highest BCUT2D eigenvalue weighted by Crippen LogP contribution is 2.34. The van der Waals surface area contributed by atoms with Gasteiger partial charge in [0, 0.05) is 19.0 Å². The van der Waals surface area contributed by atoms with Gasteiger partial charge >= 0.3 is 18.8 Å². The van der Waals surface area contributed by atoms with Gasteiger partial charge in [0.1, 0.15) is 0 Å². The van der Waals surface area contributed by atoms with Crippen molar-refractivity contribution in [1.82, 2.24) is 0 Å². The van der Waals surface area contributed by atoms with Gasteiger partial charge in [0.05, 0.1) is 23.3 Å². The van der Waals surface area contributed by atoms with Crippen molar-refractivity contribution >= 4 is 55.0 Å². The SMILES string of the molecule is Brc1ccc(-c2cc(-c3ccc(Br)cc3)[o+]c(-c3ccc(Br)cc3)c2)cc1.F[B-](F)(F)F. The van der Waals surface area contributed by atoms with Gasteiger partial charge in [0.15, 0.2) is 0 Å². The monoisotopic (exact) mass is 630 g/mol. The first-order valence-corrected chi connectivity index (χ1v) is 11.6. The summed E-state index contributed by atoms with van der Waals surface area (Å²) in [5.74, 6) is 1.67. The molecule has 0 fully saturated rings. The van der Waals surface area contributed by atoms with Crippen LogP contribution in [0.1, 0.15) is 0 Å². The van der Waals surface area contributed by atoms with Gasteiger partial charge in [-0.15, -0.1) is 0 Å². The quantitative estimate of drug-likeness (QED) is 0.124. The molecular weight excluding hydrogens is 619 g/mol. The summed E-state index contributed by atoms with van der Waals surface area (Å²) in [6, 6.07) is 28.8. The number of hydrogen-bond acceptors (Lipinski definition) is 0. The van der Waals surface area contributed by atoms with E-state index < -0.39 is 7.25 Å². The van der Waals surface area contributed by atoms with E-state index in [2.05, 4.69) is 108 Å². The van der Waals surface area contributed by atoms with E-state index in [1.807, 2.05) is 24.3 Å². The van der Waals surface area contributed by atoms with E-state index in [1.165, 1.54) is 0 Å². The van der Waals surface area contributed by atoms with Crippen molar-refractivity contribution in [2.24, 2.45) is 0 Å². The third kappa shape index (κ3) is 7.57. The van der Waals surface area contributed by atoms with Crippen LogP contribution in [0.2, 0.25) is 0 Å². The largest absolute Gasteiger partial charge is 0.673 e. The minimum atomic E-state index is -6.00. The molecule has 32 heavy (non-hydrogen) atoms. The predicted octanol–water partition coefficient (Wildman–Crippen LogP) is 10.1. The molecule has 0 bridgehead atoms. The van der Waals surface area contributed by atoms with Crippen LogP contribution in [0.15, 0.2) is 103 Å². The van der Waals surface area contributed by atoms with Gasteiger partial charge in [-0.1, -0.05) is 59.9 Å². The Kier molecular flexibility index (Phi) is 8.30. The average molecular weight is 633 g/mol. The lowest BCUT2D eigenvalue weighted by atomic mass is 10.0. The summed E-state index contributed by atoms with van der Waals surface area (Å²) in [5.41, 5.74) is 4.33. The fraction of sp³-hybridized carbons (Fsp3) is 0. The second-order valence-corrected chi connectivity index (χ2v) is 9.34. The van der Waals surface area contributed by atoms with Gasteiger partial charge in [0.2, 0.25) is 0 Å². The Morgan fingerprint density at radius 2 is 0.750 bits per heavy atom. The van der Waals surface area contributed by atoms with Gasteiger partial charge in [-0.2, -0.15) is 0 Å². The molecule has 1 aromatic heterocycles. The van der Waals surface area contributed by atoms with E-state index in [1.54, 1.807) is 0 Å². The third-order valence-electron chi connectivity index (χ3n) is 4.23. The summed E-state index contributed by atoms with van der Waals surface area (Å²) in [6.07, 6.45) is 0. The van der Waals surface area contributed by atoms with E-state index in [9.17, 15) is 17.3 Å². The predicted molar refractivity (Wildman–Crippen MR) is 133 cm³/mol. The van der Waals surface area contributed by atoms with Crippen LogP contribution in [-0.2, 0) is 0 Å². The van der Waals surface area contributed by atoms with E-state index in [0.717, 1.165) is 47.2 Å². The van der Waals surface area contributed by atoms with E-state index in [-0.39, 0.29) is 0 Å². The second-order valence-electron chi connectivity index (χ2n) is 6.59. The smallest absolute Gasteiger partial charge is 0.418 e. The molecule has 164 valence electrons. The normalized spacial score (nSPS) is 11.0. The molecule has 1 nitrogen and oxygen atoms in total. The molecule has 0 aliphatic rings. The van der Waals surface area contributed by atoms with Crippen LogP contribution in [-0.4, -0.2) is 7.25 Å². The van der Waals surface area contributed by atoms with Crippen LogP contribution < -0.4 is 0 Å². The molecule has 0 amide bonds. The van der Waals surface area contributed by atoms with E-state index in [4.69, 9.17) is 4.42 Å². The first kappa shape index (κ1) is 24.7. The molecule has 0 aliphatic heterocycles. The van der Waals surface area contributed by atoms with Crippen LogP contribution in [0.4, 0.5) is 17.3 Å². The van der Waals surface area contributed by atoms with Crippen LogP contribution >= 0.6 is 47.8 Å². The summed E-state index contributed by atoms with van der Waals surface area (Å²) in [6.45, 7) is 0.